The number of carbonyl (C=O) groups excluding carboxylic acids is 2. The molecule has 1 aliphatic heterocycles. The Hall–Kier alpha value is -1.84. The number of hydrogen-bond donors (Lipinski definition) is 1. The van der Waals surface area contributed by atoms with Crippen LogP contribution in [-0.4, -0.2) is 24.4 Å². The summed E-state index contributed by atoms with van der Waals surface area (Å²) in [6.45, 7) is 5.33. The van der Waals surface area contributed by atoms with Gasteiger partial charge in [-0.3, -0.25) is 9.59 Å². The first-order valence-corrected chi connectivity index (χ1v) is 9.23. The lowest BCUT2D eigenvalue weighted by atomic mass is 9.78. The Labute approximate surface area is 144 Å². The lowest BCUT2D eigenvalue weighted by Gasteiger charge is -2.34. The summed E-state index contributed by atoms with van der Waals surface area (Å²) in [4.78, 5) is 26.0. The van der Waals surface area contributed by atoms with Crippen molar-refractivity contribution in [3.8, 4) is 0 Å². The standard InChI is InChI=1S/C20H28N2O2/c1-14-5-3-6-18(15(14)2)21-19(23)13-16-8-10-17(11-9-16)22-12-4-7-20(22)24/h8-11,14-15,18H,3-7,12-13H2,1-2H3,(H,21,23)/t14-,15-,18+/m1/s1. The van der Waals surface area contributed by atoms with E-state index in [4.69, 9.17) is 0 Å². The van der Waals surface area contributed by atoms with Crippen molar-refractivity contribution < 1.29 is 9.59 Å². The van der Waals surface area contributed by atoms with Gasteiger partial charge < -0.3 is 10.2 Å². The van der Waals surface area contributed by atoms with Crippen molar-refractivity contribution in [2.45, 2.75) is 58.4 Å². The van der Waals surface area contributed by atoms with E-state index in [0.29, 0.717) is 30.7 Å². The summed E-state index contributed by atoms with van der Waals surface area (Å²) in [6.07, 6.45) is 5.54. The van der Waals surface area contributed by atoms with Crippen LogP contribution in [0.3, 0.4) is 0 Å². The quantitative estimate of drug-likeness (QED) is 0.922. The molecule has 2 fully saturated rings. The zero-order chi connectivity index (χ0) is 17.1. The molecule has 1 saturated carbocycles. The summed E-state index contributed by atoms with van der Waals surface area (Å²) < 4.78 is 0. The number of rotatable bonds is 4. The fourth-order valence-electron chi connectivity index (χ4n) is 3.94. The Morgan fingerprint density at radius 3 is 2.58 bits per heavy atom. The van der Waals surface area contributed by atoms with Crippen LogP contribution in [0.1, 0.15) is 51.5 Å². The lowest BCUT2D eigenvalue weighted by Crippen LogP contribution is -2.44. The van der Waals surface area contributed by atoms with Crippen LogP contribution in [0.15, 0.2) is 24.3 Å². The number of hydrogen-bond acceptors (Lipinski definition) is 2. The number of anilines is 1. The number of amides is 2. The van der Waals surface area contributed by atoms with E-state index < -0.39 is 0 Å². The summed E-state index contributed by atoms with van der Waals surface area (Å²) in [5.74, 6) is 1.53. The molecule has 0 aromatic heterocycles. The van der Waals surface area contributed by atoms with E-state index >= 15 is 0 Å². The van der Waals surface area contributed by atoms with E-state index in [9.17, 15) is 9.59 Å². The van der Waals surface area contributed by atoms with E-state index in [1.807, 2.05) is 29.2 Å². The average Bonchev–Trinajstić information content (AvgIpc) is 2.99. The Balaban J connectivity index is 1.55. The van der Waals surface area contributed by atoms with Gasteiger partial charge in [0.25, 0.3) is 0 Å². The number of nitrogens with one attached hydrogen (secondary N) is 1. The van der Waals surface area contributed by atoms with E-state index in [1.54, 1.807) is 0 Å². The molecule has 3 rings (SSSR count). The van der Waals surface area contributed by atoms with E-state index in [0.717, 1.165) is 30.6 Å². The molecular formula is C20H28N2O2. The van der Waals surface area contributed by atoms with Crippen molar-refractivity contribution in [3.05, 3.63) is 29.8 Å². The predicted octanol–water partition coefficient (Wildman–Crippen LogP) is 3.30. The van der Waals surface area contributed by atoms with Crippen LogP contribution in [0.2, 0.25) is 0 Å². The van der Waals surface area contributed by atoms with Crippen LogP contribution in [0, 0.1) is 11.8 Å². The third-order valence-electron chi connectivity index (χ3n) is 5.74. The maximum absolute atomic E-state index is 12.4. The van der Waals surface area contributed by atoms with Gasteiger partial charge in [-0.25, -0.2) is 0 Å². The first kappa shape index (κ1) is 17.0. The van der Waals surface area contributed by atoms with Gasteiger partial charge in [0.1, 0.15) is 0 Å². The molecule has 0 bridgehead atoms. The van der Waals surface area contributed by atoms with Crippen molar-refractivity contribution >= 4 is 17.5 Å². The molecule has 1 aromatic carbocycles. The summed E-state index contributed by atoms with van der Waals surface area (Å²) in [5, 5.41) is 3.22. The summed E-state index contributed by atoms with van der Waals surface area (Å²) >= 11 is 0. The fraction of sp³-hybridized carbons (Fsp3) is 0.600. The van der Waals surface area contributed by atoms with Crippen molar-refractivity contribution in [1.82, 2.24) is 5.32 Å². The summed E-state index contributed by atoms with van der Waals surface area (Å²) in [7, 11) is 0. The molecule has 2 aliphatic rings. The highest BCUT2D eigenvalue weighted by molar-refractivity contribution is 5.95. The molecule has 0 unspecified atom stereocenters. The monoisotopic (exact) mass is 328 g/mol. The van der Waals surface area contributed by atoms with Crippen LogP contribution < -0.4 is 10.2 Å². The fourth-order valence-corrected chi connectivity index (χ4v) is 3.94. The van der Waals surface area contributed by atoms with Gasteiger partial charge in [-0.2, -0.15) is 0 Å². The molecule has 1 aromatic rings. The second-order valence-corrected chi connectivity index (χ2v) is 7.43. The van der Waals surface area contributed by atoms with Crippen LogP contribution in [0.4, 0.5) is 5.69 Å². The molecule has 130 valence electrons. The first-order valence-electron chi connectivity index (χ1n) is 9.23. The minimum Gasteiger partial charge on any atom is -0.353 e. The molecule has 4 nitrogen and oxygen atoms in total. The minimum absolute atomic E-state index is 0.103. The van der Waals surface area contributed by atoms with E-state index in [-0.39, 0.29) is 11.8 Å². The van der Waals surface area contributed by atoms with Gasteiger partial charge in [-0.15, -0.1) is 0 Å². The Morgan fingerprint density at radius 2 is 1.92 bits per heavy atom. The zero-order valence-electron chi connectivity index (χ0n) is 14.8. The van der Waals surface area contributed by atoms with Crippen LogP contribution in [0.5, 0.6) is 0 Å². The number of carbonyl (C=O) groups is 2. The minimum atomic E-state index is 0.103. The zero-order valence-corrected chi connectivity index (χ0v) is 14.8. The summed E-state index contributed by atoms with van der Waals surface area (Å²) in [5.41, 5.74) is 1.94. The molecule has 3 atom stereocenters. The van der Waals surface area contributed by atoms with Crippen LogP contribution >= 0.6 is 0 Å². The highest BCUT2D eigenvalue weighted by Gasteiger charge is 2.28. The van der Waals surface area contributed by atoms with Gasteiger partial charge in [-0.05, 0) is 42.4 Å². The average molecular weight is 328 g/mol. The molecule has 2 amide bonds. The van der Waals surface area contributed by atoms with Crippen molar-refractivity contribution in [3.63, 3.8) is 0 Å². The van der Waals surface area contributed by atoms with E-state index in [2.05, 4.69) is 19.2 Å². The molecule has 24 heavy (non-hydrogen) atoms. The molecule has 1 saturated heterocycles. The molecule has 0 spiro atoms. The molecule has 1 aliphatic carbocycles. The highest BCUT2D eigenvalue weighted by atomic mass is 16.2. The molecule has 1 heterocycles. The van der Waals surface area contributed by atoms with Crippen molar-refractivity contribution in [1.29, 1.82) is 0 Å². The third-order valence-corrected chi connectivity index (χ3v) is 5.74. The smallest absolute Gasteiger partial charge is 0.227 e. The Kier molecular flexibility index (Phi) is 5.22. The maximum Gasteiger partial charge on any atom is 0.227 e. The maximum atomic E-state index is 12.4. The third kappa shape index (κ3) is 3.80. The van der Waals surface area contributed by atoms with Gasteiger partial charge in [0.2, 0.25) is 11.8 Å². The molecule has 0 radical (unpaired) electrons. The second kappa shape index (κ2) is 7.37. The number of nitrogens with zero attached hydrogens (tertiary/aromatic N) is 1. The summed E-state index contributed by atoms with van der Waals surface area (Å²) in [6, 6.07) is 8.15. The van der Waals surface area contributed by atoms with Gasteiger partial charge in [0.05, 0.1) is 6.42 Å². The number of benzene rings is 1. The Morgan fingerprint density at radius 1 is 1.17 bits per heavy atom. The van der Waals surface area contributed by atoms with Gasteiger partial charge in [0.15, 0.2) is 0 Å². The van der Waals surface area contributed by atoms with Crippen LogP contribution in [-0.2, 0) is 16.0 Å². The molecule has 4 heteroatoms. The van der Waals surface area contributed by atoms with Crippen molar-refractivity contribution in [2.75, 3.05) is 11.4 Å². The molecule has 1 N–H and O–H groups in total. The largest absolute Gasteiger partial charge is 0.353 e. The first-order chi connectivity index (χ1) is 11.5. The topological polar surface area (TPSA) is 49.4 Å². The Bertz CT molecular complexity index is 596. The van der Waals surface area contributed by atoms with Crippen LogP contribution in [0.25, 0.3) is 0 Å². The van der Waals surface area contributed by atoms with Gasteiger partial charge >= 0.3 is 0 Å². The van der Waals surface area contributed by atoms with Gasteiger partial charge in [-0.1, -0.05) is 38.8 Å². The molecular weight excluding hydrogens is 300 g/mol. The SMILES string of the molecule is C[C@@H]1[C@H](C)CCC[C@@H]1NC(=O)Cc1ccc(N2CCCC2=O)cc1. The van der Waals surface area contributed by atoms with E-state index in [1.165, 1.54) is 12.8 Å². The van der Waals surface area contributed by atoms with Gasteiger partial charge in [0, 0.05) is 24.7 Å². The lowest BCUT2D eigenvalue weighted by molar-refractivity contribution is -0.122. The van der Waals surface area contributed by atoms with Crippen molar-refractivity contribution in [2.24, 2.45) is 11.8 Å². The normalized spacial score (nSPS) is 27.3. The highest BCUT2D eigenvalue weighted by Crippen LogP contribution is 2.29. The second-order valence-electron chi connectivity index (χ2n) is 7.43. The predicted molar refractivity (Wildman–Crippen MR) is 95.8 cm³/mol.